The zero-order valence-corrected chi connectivity index (χ0v) is 18.8. The lowest BCUT2D eigenvalue weighted by Gasteiger charge is -2.55. The van der Waals surface area contributed by atoms with Crippen LogP contribution in [-0.4, -0.2) is 41.7 Å². The van der Waals surface area contributed by atoms with Gasteiger partial charge in [-0.2, -0.15) is 0 Å². The third-order valence-electron chi connectivity index (χ3n) is 8.68. The molecule has 1 unspecified atom stereocenters. The molecule has 1 heterocycles. The fourth-order valence-electron chi connectivity index (χ4n) is 6.44. The van der Waals surface area contributed by atoms with Gasteiger partial charge in [0.1, 0.15) is 12.4 Å². The first kappa shape index (κ1) is 20.6. The molecule has 0 aromatic heterocycles. The monoisotopic (exact) mass is 419 g/mol. The molecule has 31 heavy (non-hydrogen) atoms. The quantitative estimate of drug-likeness (QED) is 0.728. The van der Waals surface area contributed by atoms with E-state index in [2.05, 4.69) is 49.1 Å². The Morgan fingerprint density at radius 2 is 2.00 bits per heavy atom. The van der Waals surface area contributed by atoms with Crippen LogP contribution in [0.25, 0.3) is 0 Å². The predicted molar refractivity (Wildman–Crippen MR) is 121 cm³/mol. The number of ether oxygens (including phenoxy) is 1. The van der Waals surface area contributed by atoms with Crippen molar-refractivity contribution in [3.05, 3.63) is 65.2 Å². The summed E-state index contributed by atoms with van der Waals surface area (Å²) in [5, 5.41) is 10.1. The Bertz CT molecular complexity index is 989. The van der Waals surface area contributed by atoms with Gasteiger partial charge in [0, 0.05) is 24.9 Å². The summed E-state index contributed by atoms with van der Waals surface area (Å²) in [6, 6.07) is 17.0. The second-order valence-corrected chi connectivity index (χ2v) is 10.3. The summed E-state index contributed by atoms with van der Waals surface area (Å²) in [6.45, 7) is 8.88. The van der Waals surface area contributed by atoms with Crippen molar-refractivity contribution in [2.24, 2.45) is 11.8 Å². The Hall–Kier alpha value is -2.33. The number of likely N-dealkylation sites (tertiary alicyclic amines) is 1. The van der Waals surface area contributed by atoms with Gasteiger partial charge in [-0.25, -0.2) is 0 Å². The Labute approximate surface area is 185 Å². The Balaban J connectivity index is 1.38. The molecule has 5 atom stereocenters. The first-order valence-corrected chi connectivity index (χ1v) is 11.6. The molecule has 2 bridgehead atoms. The van der Waals surface area contributed by atoms with Gasteiger partial charge >= 0.3 is 5.97 Å². The summed E-state index contributed by atoms with van der Waals surface area (Å²) < 4.78 is 5.54. The van der Waals surface area contributed by atoms with E-state index < -0.39 is 0 Å². The molecule has 1 N–H and O–H groups in total. The third-order valence-corrected chi connectivity index (χ3v) is 8.68. The van der Waals surface area contributed by atoms with E-state index in [4.69, 9.17) is 4.74 Å². The van der Waals surface area contributed by atoms with E-state index in [1.165, 1.54) is 23.6 Å². The molecule has 0 amide bonds. The maximum absolute atomic E-state index is 11.6. The Morgan fingerprint density at radius 3 is 2.74 bits per heavy atom. The minimum Gasteiger partial charge on any atom is -0.508 e. The van der Waals surface area contributed by atoms with Crippen LogP contribution in [0.5, 0.6) is 5.75 Å². The maximum Gasteiger partial charge on any atom is 0.302 e. The Kier molecular flexibility index (Phi) is 4.89. The number of hydrogen-bond donors (Lipinski definition) is 1. The summed E-state index contributed by atoms with van der Waals surface area (Å²) in [5.74, 6) is 1.22. The summed E-state index contributed by atoms with van der Waals surface area (Å²) in [6.07, 6.45) is 3.22. The lowest BCUT2D eigenvalue weighted by molar-refractivity contribution is -0.142. The molecule has 2 fully saturated rings. The highest BCUT2D eigenvalue weighted by Crippen LogP contribution is 2.56. The molecule has 164 valence electrons. The normalized spacial score (nSPS) is 34.1. The second kappa shape index (κ2) is 7.37. The van der Waals surface area contributed by atoms with Gasteiger partial charge in [-0.1, -0.05) is 50.2 Å². The zero-order chi connectivity index (χ0) is 21.8. The predicted octanol–water partition coefficient (Wildman–Crippen LogP) is 4.44. The largest absolute Gasteiger partial charge is 0.508 e. The molecular formula is C27H33NO3. The van der Waals surface area contributed by atoms with Crippen molar-refractivity contribution in [3.8, 4) is 5.75 Å². The van der Waals surface area contributed by atoms with Gasteiger partial charge in [-0.15, -0.1) is 0 Å². The molecule has 2 aromatic rings. The number of carbonyl (C=O) groups excluding carboxylic acids is 1. The summed E-state index contributed by atoms with van der Waals surface area (Å²) >= 11 is 0. The molecule has 2 aliphatic carbocycles. The molecule has 0 radical (unpaired) electrons. The minimum absolute atomic E-state index is 0.0463. The number of aromatic hydroxyl groups is 1. The minimum atomic E-state index is -0.199. The van der Waals surface area contributed by atoms with E-state index in [0.29, 0.717) is 30.2 Å². The molecule has 4 heteroatoms. The fraction of sp³-hybridized carbons (Fsp3) is 0.519. The highest BCUT2D eigenvalue weighted by molar-refractivity contribution is 5.66. The fourth-order valence-corrected chi connectivity index (χ4v) is 6.44. The number of carbonyl (C=O) groups is 1. The molecule has 3 aliphatic rings. The van der Waals surface area contributed by atoms with Crippen LogP contribution in [0.1, 0.15) is 50.3 Å². The van der Waals surface area contributed by atoms with Crippen molar-refractivity contribution in [3.63, 3.8) is 0 Å². The molecule has 0 spiro atoms. The van der Waals surface area contributed by atoms with Gasteiger partial charge in [0.25, 0.3) is 0 Å². The first-order valence-electron chi connectivity index (χ1n) is 11.6. The molecule has 1 aliphatic heterocycles. The number of piperidine rings is 1. The van der Waals surface area contributed by atoms with Gasteiger partial charge in [-0.3, -0.25) is 9.69 Å². The molecule has 1 saturated carbocycles. The highest BCUT2D eigenvalue weighted by Gasteiger charge is 2.58. The summed E-state index contributed by atoms with van der Waals surface area (Å²) in [7, 11) is 0. The average molecular weight is 420 g/mol. The maximum atomic E-state index is 11.6. The molecule has 1 saturated heterocycles. The summed E-state index contributed by atoms with van der Waals surface area (Å²) in [4.78, 5) is 14.3. The molecular weight excluding hydrogens is 386 g/mol. The molecule has 4 nitrogen and oxygen atoms in total. The van der Waals surface area contributed by atoms with Gasteiger partial charge in [0.05, 0.1) is 0 Å². The number of benzene rings is 2. The van der Waals surface area contributed by atoms with E-state index in [1.54, 1.807) is 0 Å². The lowest BCUT2D eigenvalue weighted by Crippen LogP contribution is -2.58. The van der Waals surface area contributed by atoms with Crippen molar-refractivity contribution >= 4 is 5.97 Å². The van der Waals surface area contributed by atoms with Gasteiger partial charge in [0.2, 0.25) is 0 Å². The molecule has 2 aromatic carbocycles. The van der Waals surface area contributed by atoms with Crippen molar-refractivity contribution < 1.29 is 14.6 Å². The second-order valence-electron chi connectivity index (χ2n) is 10.3. The lowest BCUT2D eigenvalue weighted by atomic mass is 9.59. The zero-order valence-electron chi connectivity index (χ0n) is 18.8. The van der Waals surface area contributed by atoms with Crippen LogP contribution in [0.4, 0.5) is 0 Å². The number of rotatable bonds is 5. The van der Waals surface area contributed by atoms with Crippen LogP contribution in [0.3, 0.4) is 0 Å². The number of phenolic OH excluding ortho intramolecular Hbond substituents is 1. The average Bonchev–Trinajstić information content (AvgIpc) is 3.46. The van der Waals surface area contributed by atoms with Gasteiger partial charge in [-0.05, 0) is 71.9 Å². The van der Waals surface area contributed by atoms with Gasteiger partial charge in [0.15, 0.2) is 0 Å². The number of fused-ring (bicyclic) bond motifs is 4. The van der Waals surface area contributed by atoms with E-state index in [-0.39, 0.29) is 16.8 Å². The van der Waals surface area contributed by atoms with Crippen LogP contribution in [-0.2, 0) is 26.8 Å². The SMILES string of the molecule is CC(=O)OC[C@]1(c2ccccc2)C[C@@H]1CN1CC[C@]2(C)c3cc(O)ccc3CC1[C@@H]2C. The van der Waals surface area contributed by atoms with Crippen molar-refractivity contribution in [2.45, 2.75) is 56.9 Å². The highest BCUT2D eigenvalue weighted by atomic mass is 16.5. The number of hydrogen-bond acceptors (Lipinski definition) is 4. The smallest absolute Gasteiger partial charge is 0.302 e. The van der Waals surface area contributed by atoms with E-state index in [1.807, 2.05) is 18.2 Å². The van der Waals surface area contributed by atoms with Crippen LogP contribution in [0.2, 0.25) is 0 Å². The number of phenols is 1. The van der Waals surface area contributed by atoms with E-state index in [9.17, 15) is 9.90 Å². The van der Waals surface area contributed by atoms with Crippen LogP contribution >= 0.6 is 0 Å². The standard InChI is InChI=1S/C27H33NO3/c1-18-25-13-20-9-10-23(30)14-24(20)26(18,3)11-12-28(25)16-22-15-27(22,17-31-19(2)29)21-7-5-4-6-8-21/h4-10,14,18,22,25,30H,11-13,15-17H2,1-3H3/t18-,22+,25?,26-,27-/m0/s1. The number of esters is 1. The van der Waals surface area contributed by atoms with Gasteiger partial charge < -0.3 is 9.84 Å². The van der Waals surface area contributed by atoms with Crippen molar-refractivity contribution in [2.75, 3.05) is 19.7 Å². The summed E-state index contributed by atoms with van der Waals surface area (Å²) in [5.41, 5.74) is 4.09. The number of nitrogens with zero attached hydrogens (tertiary/aromatic N) is 1. The molecule has 5 rings (SSSR count). The van der Waals surface area contributed by atoms with E-state index in [0.717, 1.165) is 32.4 Å². The van der Waals surface area contributed by atoms with Crippen molar-refractivity contribution in [1.29, 1.82) is 0 Å². The van der Waals surface area contributed by atoms with Crippen LogP contribution in [0, 0.1) is 11.8 Å². The first-order chi connectivity index (χ1) is 14.8. The van der Waals surface area contributed by atoms with E-state index >= 15 is 0 Å². The topological polar surface area (TPSA) is 49.8 Å². The van der Waals surface area contributed by atoms with Crippen LogP contribution in [0.15, 0.2) is 48.5 Å². The van der Waals surface area contributed by atoms with Crippen molar-refractivity contribution in [1.82, 2.24) is 4.90 Å². The van der Waals surface area contributed by atoms with Crippen LogP contribution < -0.4 is 0 Å². The third kappa shape index (κ3) is 3.36. The Morgan fingerprint density at radius 1 is 1.23 bits per heavy atom.